The van der Waals surface area contributed by atoms with Crippen LogP contribution in [0.5, 0.6) is 11.5 Å². The molecule has 1 heterocycles. The minimum absolute atomic E-state index is 0.116. The van der Waals surface area contributed by atoms with Gasteiger partial charge in [0.25, 0.3) is 0 Å². The van der Waals surface area contributed by atoms with E-state index in [4.69, 9.17) is 14.2 Å². The van der Waals surface area contributed by atoms with Crippen molar-refractivity contribution in [3.8, 4) is 11.5 Å². The van der Waals surface area contributed by atoms with Gasteiger partial charge < -0.3 is 24.4 Å². The Morgan fingerprint density at radius 2 is 1.77 bits per heavy atom. The van der Waals surface area contributed by atoms with Crippen molar-refractivity contribution < 1.29 is 28.6 Å². The molecule has 0 aromatic heterocycles. The number of nitrogens with zero attached hydrogens (tertiary/aromatic N) is 1. The number of carbonyl (C=O) groups excluding carboxylic acids is 3. The highest BCUT2D eigenvalue weighted by Crippen LogP contribution is 2.30. The Hall–Kier alpha value is -3.55. The number of nitrogens with one attached hydrogen (secondary N) is 1. The summed E-state index contributed by atoms with van der Waals surface area (Å²) in [7, 11) is 4.31. The molecular formula is C22H24N2O6. The summed E-state index contributed by atoms with van der Waals surface area (Å²) in [6.45, 7) is 0.136. The van der Waals surface area contributed by atoms with Crippen molar-refractivity contribution in [3.05, 3.63) is 59.7 Å². The number of hydrogen-bond donors (Lipinski definition) is 1. The van der Waals surface area contributed by atoms with Crippen LogP contribution in [0.15, 0.2) is 48.5 Å². The first kappa shape index (κ1) is 21.2. The minimum atomic E-state index is -0.960. The van der Waals surface area contributed by atoms with Gasteiger partial charge in [-0.15, -0.1) is 0 Å². The minimum Gasteiger partial charge on any atom is -0.497 e. The van der Waals surface area contributed by atoms with Gasteiger partial charge in [-0.3, -0.25) is 9.59 Å². The largest absolute Gasteiger partial charge is 0.497 e. The maximum absolute atomic E-state index is 12.7. The SMILES string of the molecule is COC(=O)C1C(NC(=O)Cc2ccccc2)C(=O)N1Cc1ccc(OC)cc1OC. The second-order valence-electron chi connectivity index (χ2n) is 6.82. The Morgan fingerprint density at radius 3 is 2.40 bits per heavy atom. The maximum atomic E-state index is 12.7. The molecule has 0 spiro atoms. The van der Waals surface area contributed by atoms with Crippen LogP contribution in [0.4, 0.5) is 0 Å². The second-order valence-corrected chi connectivity index (χ2v) is 6.82. The molecule has 2 atom stereocenters. The predicted molar refractivity (Wildman–Crippen MR) is 108 cm³/mol. The average Bonchev–Trinajstić information content (AvgIpc) is 2.78. The lowest BCUT2D eigenvalue weighted by Gasteiger charge is -2.45. The fraction of sp³-hybridized carbons (Fsp3) is 0.318. The molecule has 30 heavy (non-hydrogen) atoms. The van der Waals surface area contributed by atoms with E-state index in [1.165, 1.54) is 19.1 Å². The molecule has 1 N–H and O–H groups in total. The number of amides is 2. The third-order valence-corrected chi connectivity index (χ3v) is 5.00. The predicted octanol–water partition coefficient (Wildman–Crippen LogP) is 1.32. The normalized spacial score (nSPS) is 17.7. The van der Waals surface area contributed by atoms with Gasteiger partial charge in [0.1, 0.15) is 17.5 Å². The van der Waals surface area contributed by atoms with Crippen molar-refractivity contribution in [2.24, 2.45) is 0 Å². The Balaban J connectivity index is 1.73. The number of esters is 1. The standard InChI is InChI=1S/C22H24N2O6/c1-28-16-10-9-15(17(12-16)29-2)13-24-20(22(27)30-3)19(21(24)26)23-18(25)11-14-7-5-4-6-8-14/h4-10,12,19-20H,11,13H2,1-3H3,(H,23,25). The Labute approximate surface area is 174 Å². The van der Waals surface area contributed by atoms with E-state index in [0.29, 0.717) is 17.1 Å². The quantitative estimate of drug-likeness (QED) is 0.519. The highest BCUT2D eigenvalue weighted by atomic mass is 16.5. The smallest absolute Gasteiger partial charge is 0.331 e. The Bertz CT molecular complexity index is 930. The van der Waals surface area contributed by atoms with Crippen molar-refractivity contribution in [3.63, 3.8) is 0 Å². The van der Waals surface area contributed by atoms with Crippen LogP contribution in [0.2, 0.25) is 0 Å². The van der Waals surface area contributed by atoms with Crippen LogP contribution in [-0.2, 0) is 32.1 Å². The number of benzene rings is 2. The van der Waals surface area contributed by atoms with Gasteiger partial charge in [0.2, 0.25) is 11.8 Å². The van der Waals surface area contributed by atoms with Gasteiger partial charge in [-0.25, -0.2) is 4.79 Å². The van der Waals surface area contributed by atoms with Gasteiger partial charge in [-0.05, 0) is 17.7 Å². The van der Waals surface area contributed by atoms with E-state index in [1.807, 2.05) is 30.3 Å². The summed E-state index contributed by atoms with van der Waals surface area (Å²) in [5.41, 5.74) is 1.52. The molecule has 0 bridgehead atoms. The third kappa shape index (κ3) is 4.37. The van der Waals surface area contributed by atoms with Gasteiger partial charge in [-0.1, -0.05) is 30.3 Å². The number of hydrogen-bond acceptors (Lipinski definition) is 6. The first-order chi connectivity index (χ1) is 14.5. The van der Waals surface area contributed by atoms with Crippen molar-refractivity contribution in [1.82, 2.24) is 10.2 Å². The van der Waals surface area contributed by atoms with Crippen molar-refractivity contribution in [2.45, 2.75) is 25.0 Å². The molecule has 1 aliphatic heterocycles. The highest BCUT2D eigenvalue weighted by Gasteiger charge is 2.53. The fourth-order valence-electron chi connectivity index (χ4n) is 3.42. The summed E-state index contributed by atoms with van der Waals surface area (Å²) in [5.74, 6) is -0.143. The van der Waals surface area contributed by atoms with Gasteiger partial charge in [0.15, 0.2) is 6.04 Å². The maximum Gasteiger partial charge on any atom is 0.331 e. The Kier molecular flexibility index (Phi) is 6.56. The molecule has 8 nitrogen and oxygen atoms in total. The zero-order chi connectivity index (χ0) is 21.7. The van der Waals surface area contributed by atoms with Crippen LogP contribution >= 0.6 is 0 Å². The molecule has 2 aromatic rings. The lowest BCUT2D eigenvalue weighted by atomic mass is 9.93. The summed E-state index contributed by atoms with van der Waals surface area (Å²) >= 11 is 0. The zero-order valence-electron chi connectivity index (χ0n) is 17.1. The number of ether oxygens (including phenoxy) is 3. The van der Waals surface area contributed by atoms with Crippen LogP contribution in [0.1, 0.15) is 11.1 Å². The zero-order valence-corrected chi connectivity index (χ0v) is 17.1. The molecule has 2 unspecified atom stereocenters. The lowest BCUT2D eigenvalue weighted by Crippen LogP contribution is -2.73. The molecule has 1 aliphatic rings. The van der Waals surface area contributed by atoms with Crippen molar-refractivity contribution in [2.75, 3.05) is 21.3 Å². The highest BCUT2D eigenvalue weighted by molar-refractivity contribution is 6.02. The number of likely N-dealkylation sites (tertiary alicyclic amines) is 1. The molecule has 3 rings (SSSR count). The molecule has 8 heteroatoms. The summed E-state index contributed by atoms with van der Waals surface area (Å²) in [5, 5.41) is 2.66. The number of carbonyl (C=O) groups is 3. The van der Waals surface area contributed by atoms with E-state index in [1.54, 1.807) is 25.3 Å². The van der Waals surface area contributed by atoms with Crippen LogP contribution in [-0.4, -0.2) is 56.1 Å². The van der Waals surface area contributed by atoms with E-state index in [2.05, 4.69) is 5.32 Å². The van der Waals surface area contributed by atoms with Crippen LogP contribution < -0.4 is 14.8 Å². The average molecular weight is 412 g/mol. The van der Waals surface area contributed by atoms with E-state index < -0.39 is 18.1 Å². The summed E-state index contributed by atoms with van der Waals surface area (Å²) in [4.78, 5) is 38.8. The summed E-state index contributed by atoms with van der Waals surface area (Å²) < 4.78 is 15.4. The topological polar surface area (TPSA) is 94.2 Å². The number of methoxy groups -OCH3 is 3. The van der Waals surface area contributed by atoms with Crippen molar-refractivity contribution in [1.29, 1.82) is 0 Å². The molecule has 0 saturated carbocycles. The monoisotopic (exact) mass is 412 g/mol. The molecule has 2 aromatic carbocycles. The molecule has 2 amide bonds. The number of β-lactam (4-membered cyclic amide) rings is 1. The number of rotatable bonds is 8. The van der Waals surface area contributed by atoms with E-state index >= 15 is 0 Å². The van der Waals surface area contributed by atoms with Crippen LogP contribution in [0.25, 0.3) is 0 Å². The van der Waals surface area contributed by atoms with E-state index in [9.17, 15) is 14.4 Å². The molecule has 1 fully saturated rings. The molecular weight excluding hydrogens is 388 g/mol. The molecule has 0 radical (unpaired) electrons. The van der Waals surface area contributed by atoms with Crippen molar-refractivity contribution >= 4 is 17.8 Å². The fourth-order valence-corrected chi connectivity index (χ4v) is 3.42. The molecule has 158 valence electrons. The third-order valence-electron chi connectivity index (χ3n) is 5.00. The van der Waals surface area contributed by atoms with Gasteiger partial charge in [0, 0.05) is 11.6 Å². The van der Waals surface area contributed by atoms with Gasteiger partial charge in [0.05, 0.1) is 34.3 Å². The Morgan fingerprint density at radius 1 is 1.03 bits per heavy atom. The summed E-state index contributed by atoms with van der Waals surface area (Å²) in [6.07, 6.45) is 0.116. The van der Waals surface area contributed by atoms with E-state index in [-0.39, 0.29) is 24.8 Å². The molecule has 0 aliphatic carbocycles. The van der Waals surface area contributed by atoms with Crippen LogP contribution in [0, 0.1) is 0 Å². The van der Waals surface area contributed by atoms with E-state index in [0.717, 1.165) is 5.56 Å². The summed E-state index contributed by atoms with van der Waals surface area (Å²) in [6, 6.07) is 12.5. The van der Waals surface area contributed by atoms with Gasteiger partial charge >= 0.3 is 5.97 Å². The lowest BCUT2D eigenvalue weighted by molar-refractivity contribution is -0.170. The second kappa shape index (κ2) is 9.30. The van der Waals surface area contributed by atoms with Gasteiger partial charge in [-0.2, -0.15) is 0 Å². The first-order valence-electron chi connectivity index (χ1n) is 9.41. The van der Waals surface area contributed by atoms with Crippen LogP contribution in [0.3, 0.4) is 0 Å². The molecule has 1 saturated heterocycles. The first-order valence-corrected chi connectivity index (χ1v) is 9.41.